The van der Waals surface area contributed by atoms with Gasteiger partial charge in [-0.25, -0.2) is 4.98 Å². The molecule has 0 radical (unpaired) electrons. The highest BCUT2D eigenvalue weighted by Crippen LogP contribution is 2.28. The van der Waals surface area contributed by atoms with Gasteiger partial charge in [-0.2, -0.15) is 0 Å². The molecule has 1 heterocycles. The monoisotopic (exact) mass is 367 g/mol. The Morgan fingerprint density at radius 2 is 2.00 bits per heavy atom. The Hall–Kier alpha value is -2.40. The fraction of sp³-hybridized carbons (Fsp3) is 0.333. The summed E-state index contributed by atoms with van der Waals surface area (Å²) in [6, 6.07) is 10.4. The van der Waals surface area contributed by atoms with Crippen molar-refractivity contribution in [3.63, 3.8) is 0 Å². The van der Waals surface area contributed by atoms with Crippen molar-refractivity contribution in [3.05, 3.63) is 58.4 Å². The van der Waals surface area contributed by atoms with Crippen LogP contribution in [0.4, 0.5) is 0 Å². The number of thiocarbonyl (C=S) groups is 1. The van der Waals surface area contributed by atoms with Gasteiger partial charge in [-0.1, -0.05) is 37.3 Å². The van der Waals surface area contributed by atoms with E-state index in [-0.39, 0.29) is 0 Å². The van der Waals surface area contributed by atoms with Crippen LogP contribution in [-0.2, 0) is 13.0 Å². The lowest BCUT2D eigenvalue weighted by atomic mass is 10.0. The predicted octanol–water partition coefficient (Wildman–Crippen LogP) is 4.56. The Morgan fingerprint density at radius 1 is 1.23 bits per heavy atom. The van der Waals surface area contributed by atoms with Crippen molar-refractivity contribution in [2.75, 3.05) is 14.1 Å². The minimum Gasteiger partial charge on any atom is -0.487 e. The molecule has 0 unspecified atom stereocenters. The van der Waals surface area contributed by atoms with E-state index in [0.29, 0.717) is 6.61 Å². The second-order valence-corrected chi connectivity index (χ2v) is 7.13. The third kappa shape index (κ3) is 3.58. The maximum Gasteiger partial charge on any atom is 0.148 e. The van der Waals surface area contributed by atoms with E-state index in [1.54, 1.807) is 0 Å². The summed E-state index contributed by atoms with van der Waals surface area (Å²) in [6.45, 7) is 6.77. The Bertz CT molecular complexity index is 959. The van der Waals surface area contributed by atoms with E-state index < -0.39 is 0 Å². The average Bonchev–Trinajstić information content (AvgIpc) is 2.99. The summed E-state index contributed by atoms with van der Waals surface area (Å²) >= 11 is 5.55. The summed E-state index contributed by atoms with van der Waals surface area (Å²) in [4.78, 5) is 10.6. The zero-order valence-corrected chi connectivity index (χ0v) is 16.8. The van der Waals surface area contributed by atoms with Crippen molar-refractivity contribution in [1.29, 1.82) is 0 Å². The lowest BCUT2D eigenvalue weighted by Gasteiger charge is -2.16. The second-order valence-electron chi connectivity index (χ2n) is 6.75. The van der Waals surface area contributed by atoms with E-state index in [0.717, 1.165) is 39.6 Å². The first kappa shape index (κ1) is 18.4. The third-order valence-electron chi connectivity index (χ3n) is 4.58. The van der Waals surface area contributed by atoms with Gasteiger partial charge in [0.1, 0.15) is 28.7 Å². The number of nitrogens with zero attached hydrogens (tertiary/aromatic N) is 2. The van der Waals surface area contributed by atoms with Crippen molar-refractivity contribution >= 4 is 28.2 Å². The second kappa shape index (κ2) is 7.46. The summed E-state index contributed by atoms with van der Waals surface area (Å²) in [5.41, 5.74) is 6.56. The van der Waals surface area contributed by atoms with E-state index >= 15 is 0 Å². The number of nitrogens with one attached hydrogen (secondary N) is 1. The minimum atomic E-state index is 0.523. The number of ether oxygens (including phenoxy) is 1. The maximum atomic E-state index is 6.25. The lowest BCUT2D eigenvalue weighted by molar-refractivity contribution is 0.307. The summed E-state index contributed by atoms with van der Waals surface area (Å²) in [6.07, 6.45) is 0.988. The van der Waals surface area contributed by atoms with Crippen LogP contribution in [-0.4, -0.2) is 34.0 Å². The van der Waals surface area contributed by atoms with E-state index in [2.05, 4.69) is 42.0 Å². The standard InChI is InChI=1S/C21H25N3OS/c1-6-15-9-7-8-13(2)17(15)12-25-19-11-16(21(26)24(4)5)10-18-20(19)23-14(3)22-18/h7-11H,6,12H2,1-5H3,(H,22,23). The quantitative estimate of drug-likeness (QED) is 0.671. The first-order valence-corrected chi connectivity index (χ1v) is 9.23. The summed E-state index contributed by atoms with van der Waals surface area (Å²) in [5.74, 6) is 1.62. The van der Waals surface area contributed by atoms with Crippen LogP contribution in [0.3, 0.4) is 0 Å². The summed E-state index contributed by atoms with van der Waals surface area (Å²) in [7, 11) is 3.90. The highest BCUT2D eigenvalue weighted by Gasteiger charge is 2.14. The average molecular weight is 368 g/mol. The highest BCUT2D eigenvalue weighted by molar-refractivity contribution is 7.80. The fourth-order valence-electron chi connectivity index (χ4n) is 3.15. The molecule has 0 amide bonds. The van der Waals surface area contributed by atoms with Crippen molar-refractivity contribution in [1.82, 2.24) is 14.9 Å². The zero-order chi connectivity index (χ0) is 18.8. The van der Waals surface area contributed by atoms with Gasteiger partial charge in [0.2, 0.25) is 0 Å². The molecule has 0 bridgehead atoms. The molecule has 1 aromatic heterocycles. The number of benzene rings is 2. The van der Waals surface area contributed by atoms with Crippen LogP contribution < -0.4 is 4.74 Å². The van der Waals surface area contributed by atoms with Crippen molar-refractivity contribution in [2.45, 2.75) is 33.8 Å². The van der Waals surface area contributed by atoms with Crippen LogP contribution in [0.2, 0.25) is 0 Å². The van der Waals surface area contributed by atoms with Crippen LogP contribution in [0, 0.1) is 13.8 Å². The molecule has 26 heavy (non-hydrogen) atoms. The summed E-state index contributed by atoms with van der Waals surface area (Å²) < 4.78 is 6.25. The molecule has 5 heteroatoms. The maximum absolute atomic E-state index is 6.25. The molecular weight excluding hydrogens is 342 g/mol. The van der Waals surface area contributed by atoms with Crippen LogP contribution in [0.1, 0.15) is 35.0 Å². The van der Waals surface area contributed by atoms with Gasteiger partial charge in [-0.05, 0) is 49.1 Å². The highest BCUT2D eigenvalue weighted by atomic mass is 32.1. The first-order chi connectivity index (χ1) is 12.4. The number of H-pyrrole nitrogens is 1. The van der Waals surface area contributed by atoms with Gasteiger partial charge in [0, 0.05) is 19.7 Å². The van der Waals surface area contributed by atoms with Crippen LogP contribution in [0.15, 0.2) is 30.3 Å². The minimum absolute atomic E-state index is 0.523. The largest absolute Gasteiger partial charge is 0.487 e. The van der Waals surface area contributed by atoms with E-state index in [4.69, 9.17) is 17.0 Å². The van der Waals surface area contributed by atoms with Gasteiger partial charge in [-0.15, -0.1) is 0 Å². The van der Waals surface area contributed by atoms with Crippen LogP contribution >= 0.6 is 12.2 Å². The van der Waals surface area contributed by atoms with Crippen LogP contribution in [0.25, 0.3) is 11.0 Å². The Labute approximate surface area is 160 Å². The lowest BCUT2D eigenvalue weighted by Crippen LogP contribution is -2.20. The van der Waals surface area contributed by atoms with Gasteiger partial charge < -0.3 is 14.6 Å². The SMILES string of the molecule is CCc1cccc(C)c1COc1cc(C(=S)N(C)C)cc2[nH]c(C)nc12. The molecule has 0 aliphatic heterocycles. The van der Waals surface area contributed by atoms with E-state index in [1.807, 2.05) is 38.1 Å². The molecule has 0 aliphatic carbocycles. The molecule has 3 rings (SSSR count). The van der Waals surface area contributed by atoms with Gasteiger partial charge in [0.25, 0.3) is 0 Å². The molecule has 0 saturated heterocycles. The topological polar surface area (TPSA) is 41.1 Å². The Balaban J connectivity index is 2.00. The van der Waals surface area contributed by atoms with Crippen molar-refractivity contribution < 1.29 is 4.74 Å². The predicted molar refractivity (Wildman–Crippen MR) is 111 cm³/mol. The number of hydrogen-bond donors (Lipinski definition) is 1. The fourth-order valence-corrected chi connectivity index (χ4v) is 3.27. The zero-order valence-electron chi connectivity index (χ0n) is 16.0. The van der Waals surface area contributed by atoms with E-state index in [1.165, 1.54) is 16.7 Å². The summed E-state index contributed by atoms with van der Waals surface area (Å²) in [5, 5.41) is 0. The molecule has 136 valence electrons. The molecule has 0 saturated carbocycles. The molecule has 1 N–H and O–H groups in total. The van der Waals surface area contributed by atoms with Gasteiger partial charge in [0.15, 0.2) is 0 Å². The molecule has 4 nitrogen and oxygen atoms in total. The number of hydrogen-bond acceptors (Lipinski definition) is 3. The number of aromatic amines is 1. The molecule has 0 fully saturated rings. The molecule has 0 aliphatic rings. The smallest absolute Gasteiger partial charge is 0.148 e. The molecule has 0 atom stereocenters. The normalized spacial score (nSPS) is 11.0. The Morgan fingerprint density at radius 3 is 2.69 bits per heavy atom. The third-order valence-corrected chi connectivity index (χ3v) is 5.18. The Kier molecular flexibility index (Phi) is 5.28. The molecule has 0 spiro atoms. The van der Waals surface area contributed by atoms with Crippen LogP contribution in [0.5, 0.6) is 5.75 Å². The number of imidazole rings is 1. The molecule has 2 aromatic carbocycles. The van der Waals surface area contributed by atoms with Gasteiger partial charge in [-0.3, -0.25) is 0 Å². The number of rotatable bonds is 5. The van der Waals surface area contributed by atoms with Gasteiger partial charge in [0.05, 0.1) is 5.52 Å². The van der Waals surface area contributed by atoms with E-state index in [9.17, 15) is 0 Å². The number of aromatic nitrogens is 2. The molecular formula is C21H25N3OS. The number of aryl methyl sites for hydroxylation is 3. The first-order valence-electron chi connectivity index (χ1n) is 8.83. The van der Waals surface area contributed by atoms with Gasteiger partial charge >= 0.3 is 0 Å². The van der Waals surface area contributed by atoms with Crippen molar-refractivity contribution in [3.8, 4) is 5.75 Å². The number of fused-ring (bicyclic) bond motifs is 1. The molecule has 3 aromatic rings. The van der Waals surface area contributed by atoms with Crippen molar-refractivity contribution in [2.24, 2.45) is 0 Å².